The van der Waals surface area contributed by atoms with Crippen LogP contribution in [0.3, 0.4) is 0 Å². The molecule has 1 heterocycles. The summed E-state index contributed by atoms with van der Waals surface area (Å²) in [6, 6.07) is 15.3. The number of nitrogens with one attached hydrogen (secondary N) is 2. The van der Waals surface area contributed by atoms with Gasteiger partial charge in [-0.3, -0.25) is 19.3 Å². The number of carbonyl (C=O) groups is 3. The maximum Gasteiger partial charge on any atom is 0.260 e. The Kier molecular flexibility index (Phi) is 7.36. The highest BCUT2D eigenvalue weighted by Gasteiger charge is 2.30. The molecule has 0 fully saturated rings. The minimum Gasteiger partial charge on any atom is -0.352 e. The van der Waals surface area contributed by atoms with Crippen molar-refractivity contribution in [2.75, 3.05) is 19.6 Å². The van der Waals surface area contributed by atoms with E-state index in [0.717, 1.165) is 30.8 Å². The smallest absolute Gasteiger partial charge is 0.260 e. The van der Waals surface area contributed by atoms with Crippen LogP contribution in [0.2, 0.25) is 0 Å². The number of fused-ring (bicyclic) bond motifs is 1. The molecular formula is C24H30N3O3+. The molecule has 0 saturated heterocycles. The number of imide groups is 1. The number of nitrogens with zero attached hydrogens (tertiary/aromatic N) is 1. The molecule has 6 heteroatoms. The summed E-state index contributed by atoms with van der Waals surface area (Å²) in [5, 5.41) is 2.94. The Balaban J connectivity index is 1.55. The summed E-state index contributed by atoms with van der Waals surface area (Å²) in [5.41, 5.74) is 3.63. The van der Waals surface area contributed by atoms with E-state index >= 15 is 0 Å². The zero-order valence-electron chi connectivity index (χ0n) is 17.7. The van der Waals surface area contributed by atoms with Gasteiger partial charge in [0.05, 0.1) is 19.5 Å². The highest BCUT2D eigenvalue weighted by molar-refractivity contribution is 6.09. The monoisotopic (exact) mass is 408 g/mol. The maximum atomic E-state index is 12.6. The lowest BCUT2D eigenvalue weighted by atomic mass is 9.98. The van der Waals surface area contributed by atoms with Crippen LogP contribution < -0.4 is 10.2 Å². The van der Waals surface area contributed by atoms with Crippen LogP contribution in [0.4, 0.5) is 0 Å². The van der Waals surface area contributed by atoms with E-state index in [1.165, 1.54) is 15.4 Å². The first-order valence-electron chi connectivity index (χ1n) is 10.6. The molecule has 0 spiro atoms. The molecule has 1 aliphatic heterocycles. The van der Waals surface area contributed by atoms with Crippen molar-refractivity contribution in [2.45, 2.75) is 39.8 Å². The Morgan fingerprint density at radius 2 is 1.67 bits per heavy atom. The van der Waals surface area contributed by atoms with Crippen LogP contribution in [0.25, 0.3) is 0 Å². The van der Waals surface area contributed by atoms with Crippen molar-refractivity contribution in [3.8, 4) is 0 Å². The molecule has 0 aliphatic carbocycles. The highest BCUT2D eigenvalue weighted by atomic mass is 16.2. The summed E-state index contributed by atoms with van der Waals surface area (Å²) in [6.45, 7) is 7.92. The van der Waals surface area contributed by atoms with Gasteiger partial charge in [-0.1, -0.05) is 42.5 Å². The van der Waals surface area contributed by atoms with Crippen molar-refractivity contribution in [1.29, 1.82) is 0 Å². The normalized spacial score (nSPS) is 13.5. The minimum absolute atomic E-state index is 0.100. The summed E-state index contributed by atoms with van der Waals surface area (Å²) < 4.78 is 0. The Labute approximate surface area is 177 Å². The van der Waals surface area contributed by atoms with Crippen LogP contribution in [-0.4, -0.2) is 42.3 Å². The molecule has 30 heavy (non-hydrogen) atoms. The van der Waals surface area contributed by atoms with Crippen molar-refractivity contribution < 1.29 is 19.3 Å². The number of hydrogen-bond donors (Lipinski definition) is 2. The lowest BCUT2D eigenvalue weighted by molar-refractivity contribution is -0.910. The summed E-state index contributed by atoms with van der Waals surface area (Å²) in [6.07, 6.45) is 0.299. The zero-order valence-corrected chi connectivity index (χ0v) is 17.7. The number of carbonyl (C=O) groups excluding carboxylic acids is 3. The van der Waals surface area contributed by atoms with Gasteiger partial charge >= 0.3 is 0 Å². The lowest BCUT2D eigenvalue weighted by Gasteiger charge is -2.26. The number of quaternary nitrogens is 1. The largest absolute Gasteiger partial charge is 0.352 e. The molecule has 2 aromatic rings. The van der Waals surface area contributed by atoms with E-state index in [0.29, 0.717) is 12.1 Å². The van der Waals surface area contributed by atoms with Crippen molar-refractivity contribution in [3.05, 3.63) is 70.8 Å². The predicted octanol–water partition coefficient (Wildman–Crippen LogP) is 1.34. The first kappa shape index (κ1) is 21.7. The average Bonchev–Trinajstić information content (AvgIpc) is 2.76. The molecule has 0 unspecified atom stereocenters. The Bertz CT molecular complexity index is 921. The Morgan fingerprint density at radius 1 is 1.00 bits per heavy atom. The molecule has 0 aromatic heterocycles. The zero-order chi connectivity index (χ0) is 21.5. The third kappa shape index (κ3) is 5.13. The van der Waals surface area contributed by atoms with Crippen LogP contribution in [0.1, 0.15) is 47.3 Å². The van der Waals surface area contributed by atoms with E-state index < -0.39 is 0 Å². The summed E-state index contributed by atoms with van der Waals surface area (Å²) in [4.78, 5) is 40.0. The van der Waals surface area contributed by atoms with Gasteiger partial charge in [-0.05, 0) is 31.0 Å². The number of benzene rings is 2. The van der Waals surface area contributed by atoms with Gasteiger partial charge in [0.25, 0.3) is 5.91 Å². The van der Waals surface area contributed by atoms with Gasteiger partial charge in [-0.15, -0.1) is 0 Å². The van der Waals surface area contributed by atoms with Crippen LogP contribution >= 0.6 is 0 Å². The second kappa shape index (κ2) is 10.2. The predicted molar refractivity (Wildman–Crippen MR) is 115 cm³/mol. The second-order valence-corrected chi connectivity index (χ2v) is 7.61. The molecule has 3 amide bonds. The molecule has 2 N–H and O–H groups in total. The fourth-order valence-corrected chi connectivity index (χ4v) is 3.79. The van der Waals surface area contributed by atoms with Crippen LogP contribution in [0.5, 0.6) is 0 Å². The topological polar surface area (TPSA) is 70.9 Å². The van der Waals surface area contributed by atoms with E-state index in [4.69, 9.17) is 0 Å². The Morgan fingerprint density at radius 3 is 2.40 bits per heavy atom. The van der Waals surface area contributed by atoms with E-state index in [1.807, 2.05) is 24.3 Å². The van der Waals surface area contributed by atoms with Gasteiger partial charge in [-0.25, -0.2) is 0 Å². The van der Waals surface area contributed by atoms with Crippen molar-refractivity contribution in [1.82, 2.24) is 10.2 Å². The molecule has 0 saturated carbocycles. The highest BCUT2D eigenvalue weighted by Crippen LogP contribution is 2.19. The molecule has 158 valence electrons. The van der Waals surface area contributed by atoms with Crippen LogP contribution in [0, 0.1) is 0 Å². The number of hydrogen-bond acceptors (Lipinski definition) is 3. The van der Waals surface area contributed by atoms with Crippen LogP contribution in [0.15, 0.2) is 48.5 Å². The average molecular weight is 409 g/mol. The summed E-state index contributed by atoms with van der Waals surface area (Å²) in [7, 11) is 0. The molecule has 0 bridgehead atoms. The molecule has 0 radical (unpaired) electrons. The van der Waals surface area contributed by atoms with Crippen molar-refractivity contribution >= 4 is 17.7 Å². The van der Waals surface area contributed by atoms with Crippen molar-refractivity contribution in [2.24, 2.45) is 0 Å². The van der Waals surface area contributed by atoms with Gasteiger partial charge < -0.3 is 10.2 Å². The van der Waals surface area contributed by atoms with Gasteiger partial charge in [0, 0.05) is 30.6 Å². The minimum atomic E-state index is -0.317. The second-order valence-electron chi connectivity index (χ2n) is 7.61. The first-order valence-corrected chi connectivity index (χ1v) is 10.6. The summed E-state index contributed by atoms with van der Waals surface area (Å²) >= 11 is 0. The third-order valence-electron chi connectivity index (χ3n) is 5.73. The molecule has 3 rings (SSSR count). The van der Waals surface area contributed by atoms with Gasteiger partial charge in [0.1, 0.15) is 6.54 Å². The lowest BCUT2D eigenvalue weighted by Crippen LogP contribution is -3.10. The quantitative estimate of drug-likeness (QED) is 0.615. The molecule has 1 aliphatic rings. The van der Waals surface area contributed by atoms with Crippen LogP contribution in [-0.2, 0) is 29.1 Å². The van der Waals surface area contributed by atoms with Crippen molar-refractivity contribution in [3.63, 3.8) is 0 Å². The van der Waals surface area contributed by atoms with Gasteiger partial charge in [-0.2, -0.15) is 0 Å². The Hall–Kier alpha value is -2.99. The SMILES string of the molecule is CC[NH+](CC)Cc1ccccc1CNC(=O)CCN1C(=O)Cc2ccccc2C1=O. The first-order chi connectivity index (χ1) is 14.5. The van der Waals surface area contributed by atoms with E-state index in [-0.39, 0.29) is 37.1 Å². The summed E-state index contributed by atoms with van der Waals surface area (Å²) in [5.74, 6) is -0.735. The number of amides is 3. The maximum absolute atomic E-state index is 12.6. The van der Waals surface area contributed by atoms with E-state index in [9.17, 15) is 14.4 Å². The number of rotatable bonds is 9. The standard InChI is InChI=1S/C24H29N3O3/c1-3-26(4-2)17-20-11-6-5-10-19(20)16-25-22(28)13-14-27-23(29)15-18-9-7-8-12-21(18)24(27)30/h5-12H,3-4,13-17H2,1-2H3,(H,25,28)/p+1. The van der Waals surface area contributed by atoms with E-state index in [2.05, 4.69) is 25.2 Å². The van der Waals surface area contributed by atoms with E-state index in [1.54, 1.807) is 18.2 Å². The van der Waals surface area contributed by atoms with Gasteiger partial charge in [0.15, 0.2) is 0 Å². The molecule has 6 nitrogen and oxygen atoms in total. The molecule has 0 atom stereocenters. The molecular weight excluding hydrogens is 378 g/mol. The fraction of sp³-hybridized carbons (Fsp3) is 0.375. The molecule has 2 aromatic carbocycles. The fourth-order valence-electron chi connectivity index (χ4n) is 3.79. The van der Waals surface area contributed by atoms with Gasteiger partial charge in [0.2, 0.25) is 11.8 Å². The third-order valence-corrected chi connectivity index (χ3v) is 5.73.